The van der Waals surface area contributed by atoms with Gasteiger partial charge in [0.2, 0.25) is 0 Å². The molecule has 1 heterocycles. The van der Waals surface area contributed by atoms with E-state index >= 15 is 0 Å². The van der Waals surface area contributed by atoms with Crippen LogP contribution in [-0.4, -0.2) is 35.9 Å². The maximum Gasteiger partial charge on any atom is 0.418 e. The molecule has 0 unspecified atom stereocenters. The van der Waals surface area contributed by atoms with Crippen LogP contribution in [0.4, 0.5) is 24.5 Å². The number of alkyl halides is 3. The lowest BCUT2D eigenvalue weighted by Gasteiger charge is -2.13. The van der Waals surface area contributed by atoms with Crippen molar-refractivity contribution in [2.24, 2.45) is 0 Å². The molecule has 160 valence electrons. The predicted molar refractivity (Wildman–Crippen MR) is 96.4 cm³/mol. The van der Waals surface area contributed by atoms with Crippen LogP contribution in [0.25, 0.3) is 0 Å². The number of non-ortho nitro benzene ring substituents is 1. The number of hydrogen-bond acceptors (Lipinski definition) is 7. The van der Waals surface area contributed by atoms with Crippen molar-refractivity contribution < 1.29 is 41.6 Å². The first-order chi connectivity index (χ1) is 14.0. The maximum absolute atomic E-state index is 13.1. The van der Waals surface area contributed by atoms with E-state index in [4.69, 9.17) is 4.42 Å². The van der Waals surface area contributed by atoms with Gasteiger partial charge < -0.3 is 19.8 Å². The zero-order valence-corrected chi connectivity index (χ0v) is 16.2. The Kier molecular flexibility index (Phi) is 7.15. The predicted octanol–water partition coefficient (Wildman–Crippen LogP) is 2.88. The highest BCUT2D eigenvalue weighted by molar-refractivity contribution is 9.10. The minimum atomic E-state index is -4.98. The van der Waals surface area contributed by atoms with Crippen molar-refractivity contribution in [2.45, 2.75) is 6.18 Å². The average Bonchev–Trinajstić information content (AvgIpc) is 3.10. The van der Waals surface area contributed by atoms with Gasteiger partial charge in [0.05, 0.1) is 16.2 Å². The quantitative estimate of drug-likeness (QED) is 0.343. The highest BCUT2D eigenvalue weighted by Crippen LogP contribution is 2.37. The third kappa shape index (κ3) is 6.30. The normalized spacial score (nSPS) is 10.9. The highest BCUT2D eigenvalue weighted by atomic mass is 79.9. The Labute approximate surface area is 173 Å². The molecule has 0 saturated carbocycles. The van der Waals surface area contributed by atoms with Crippen LogP contribution in [0, 0.1) is 10.1 Å². The molecule has 0 radical (unpaired) electrons. The van der Waals surface area contributed by atoms with Crippen LogP contribution in [0.15, 0.2) is 39.4 Å². The second-order valence-corrected chi connectivity index (χ2v) is 6.26. The van der Waals surface area contributed by atoms with Gasteiger partial charge in [0, 0.05) is 12.1 Å². The topological polar surface area (TPSA) is 141 Å². The molecule has 0 saturated heterocycles. The summed E-state index contributed by atoms with van der Waals surface area (Å²) in [6, 6.07) is 4.54. The second-order valence-electron chi connectivity index (χ2n) is 5.48. The minimum absolute atomic E-state index is 0.0923. The van der Waals surface area contributed by atoms with E-state index in [2.05, 4.69) is 26.0 Å². The summed E-state index contributed by atoms with van der Waals surface area (Å²) in [4.78, 5) is 44.7. The van der Waals surface area contributed by atoms with E-state index in [0.717, 1.165) is 6.07 Å². The molecule has 14 heteroatoms. The number of nitro benzene ring substituents is 1. The number of furan rings is 1. The minimum Gasteiger partial charge on any atom is -0.454 e. The van der Waals surface area contributed by atoms with Gasteiger partial charge in [-0.3, -0.25) is 24.5 Å². The van der Waals surface area contributed by atoms with Crippen LogP contribution in [0.1, 0.15) is 16.1 Å². The van der Waals surface area contributed by atoms with Gasteiger partial charge in [-0.2, -0.15) is 13.2 Å². The van der Waals surface area contributed by atoms with Crippen LogP contribution in [0.5, 0.6) is 0 Å². The van der Waals surface area contributed by atoms with E-state index in [0.29, 0.717) is 6.07 Å². The van der Waals surface area contributed by atoms with Crippen molar-refractivity contribution >= 4 is 45.1 Å². The van der Waals surface area contributed by atoms with Gasteiger partial charge in [-0.15, -0.1) is 0 Å². The SMILES string of the molecule is O=C(COC(=O)CNC(=O)c1ccc(Br)o1)Nc1ccc([N+](=O)[O-])cc1C(F)(F)F. The fraction of sp³-hybridized carbons (Fsp3) is 0.188. The van der Waals surface area contributed by atoms with Crippen LogP contribution in [-0.2, 0) is 20.5 Å². The Hall–Kier alpha value is -3.42. The third-order valence-corrected chi connectivity index (χ3v) is 3.77. The monoisotopic (exact) mass is 493 g/mol. The molecule has 2 amide bonds. The molecular weight excluding hydrogens is 483 g/mol. The number of esters is 1. The maximum atomic E-state index is 13.1. The molecule has 2 rings (SSSR count). The number of halogens is 4. The molecule has 0 aliphatic carbocycles. The largest absolute Gasteiger partial charge is 0.454 e. The van der Waals surface area contributed by atoms with Crippen LogP contribution < -0.4 is 10.6 Å². The summed E-state index contributed by atoms with van der Waals surface area (Å²) in [7, 11) is 0. The standard InChI is InChI=1S/C16H11BrF3N3O7/c17-12-4-3-11(30-12)15(26)21-6-14(25)29-7-13(24)22-10-2-1-8(23(27)28)5-9(10)16(18,19)20/h1-5H,6-7H2,(H,21,26)(H,22,24). The second kappa shape index (κ2) is 9.39. The lowest BCUT2D eigenvalue weighted by Crippen LogP contribution is -2.32. The summed E-state index contributed by atoms with van der Waals surface area (Å²) in [5.41, 5.74) is -3.00. The molecule has 10 nitrogen and oxygen atoms in total. The summed E-state index contributed by atoms with van der Waals surface area (Å²) in [6.45, 7) is -1.58. The first-order valence-electron chi connectivity index (χ1n) is 7.82. The lowest BCUT2D eigenvalue weighted by molar-refractivity contribution is -0.385. The molecule has 1 aromatic carbocycles. The lowest BCUT2D eigenvalue weighted by atomic mass is 10.1. The molecule has 0 fully saturated rings. The van der Waals surface area contributed by atoms with Crippen LogP contribution >= 0.6 is 15.9 Å². The first-order valence-corrected chi connectivity index (χ1v) is 8.61. The van der Waals surface area contributed by atoms with Crippen molar-refractivity contribution in [1.82, 2.24) is 5.32 Å². The smallest absolute Gasteiger partial charge is 0.418 e. The number of carbonyl (C=O) groups excluding carboxylic acids is 3. The number of nitro groups is 1. The number of benzene rings is 1. The molecule has 1 aromatic heterocycles. The molecule has 0 bridgehead atoms. The van der Waals surface area contributed by atoms with Gasteiger partial charge in [0.25, 0.3) is 17.5 Å². The number of hydrogen-bond donors (Lipinski definition) is 2. The Morgan fingerprint density at radius 1 is 1.20 bits per heavy atom. The summed E-state index contributed by atoms with van der Waals surface area (Å²) in [5, 5.41) is 14.7. The van der Waals surface area contributed by atoms with Gasteiger partial charge in [-0.25, -0.2) is 0 Å². The highest BCUT2D eigenvalue weighted by Gasteiger charge is 2.35. The van der Waals surface area contributed by atoms with E-state index in [1.54, 1.807) is 0 Å². The summed E-state index contributed by atoms with van der Waals surface area (Å²) in [5.74, 6) is -2.99. The summed E-state index contributed by atoms with van der Waals surface area (Å²) < 4.78 is 49.0. The number of rotatable bonds is 7. The molecule has 2 N–H and O–H groups in total. The Balaban J connectivity index is 1.90. The van der Waals surface area contributed by atoms with Gasteiger partial charge >= 0.3 is 12.1 Å². The van der Waals surface area contributed by atoms with Crippen LogP contribution in [0.3, 0.4) is 0 Å². The van der Waals surface area contributed by atoms with Gasteiger partial charge in [0.1, 0.15) is 6.54 Å². The molecule has 0 aliphatic rings. The summed E-state index contributed by atoms with van der Waals surface area (Å²) in [6.07, 6.45) is -4.98. The number of nitrogens with zero attached hydrogens (tertiary/aromatic N) is 1. The number of anilines is 1. The van der Waals surface area contributed by atoms with Crippen molar-refractivity contribution in [3.05, 3.63) is 56.4 Å². The third-order valence-electron chi connectivity index (χ3n) is 3.35. The van der Waals surface area contributed by atoms with E-state index in [1.807, 2.05) is 5.32 Å². The molecule has 0 aliphatic heterocycles. The number of carbonyl (C=O) groups is 3. The first kappa shape index (κ1) is 22.9. The fourth-order valence-corrected chi connectivity index (χ4v) is 2.36. The molecule has 30 heavy (non-hydrogen) atoms. The van der Waals surface area contributed by atoms with E-state index in [-0.39, 0.29) is 16.5 Å². The number of amides is 2. The molecule has 2 aromatic rings. The Morgan fingerprint density at radius 3 is 2.47 bits per heavy atom. The van der Waals surface area contributed by atoms with Crippen molar-refractivity contribution in [3.63, 3.8) is 0 Å². The zero-order chi connectivity index (χ0) is 22.5. The van der Waals surface area contributed by atoms with E-state index in [9.17, 15) is 37.7 Å². The number of nitrogens with one attached hydrogen (secondary N) is 2. The van der Waals surface area contributed by atoms with Crippen molar-refractivity contribution in [1.29, 1.82) is 0 Å². The molecule has 0 spiro atoms. The van der Waals surface area contributed by atoms with E-state index in [1.165, 1.54) is 12.1 Å². The van der Waals surface area contributed by atoms with Gasteiger partial charge in [-0.05, 0) is 34.1 Å². The average molecular weight is 494 g/mol. The molecular formula is C16H11BrF3N3O7. The summed E-state index contributed by atoms with van der Waals surface area (Å²) >= 11 is 2.99. The van der Waals surface area contributed by atoms with Gasteiger partial charge in [0.15, 0.2) is 17.0 Å². The Morgan fingerprint density at radius 2 is 1.90 bits per heavy atom. The van der Waals surface area contributed by atoms with Crippen molar-refractivity contribution in [3.8, 4) is 0 Å². The molecule has 0 atom stereocenters. The van der Waals surface area contributed by atoms with Crippen LogP contribution in [0.2, 0.25) is 0 Å². The zero-order valence-electron chi connectivity index (χ0n) is 14.6. The fourth-order valence-electron chi connectivity index (χ4n) is 2.05. The van der Waals surface area contributed by atoms with Crippen molar-refractivity contribution in [2.75, 3.05) is 18.5 Å². The van der Waals surface area contributed by atoms with Gasteiger partial charge in [-0.1, -0.05) is 0 Å². The Bertz CT molecular complexity index is 991. The number of ether oxygens (including phenoxy) is 1. The van der Waals surface area contributed by atoms with E-state index < -0.39 is 59.0 Å².